The minimum Gasteiger partial charge on any atom is -0.381 e. The topological polar surface area (TPSA) is 96.3 Å². The van der Waals surface area contributed by atoms with Crippen molar-refractivity contribution in [3.8, 4) is 6.07 Å². The Morgan fingerprint density at radius 3 is 2.33 bits per heavy atom. The van der Waals surface area contributed by atoms with Crippen LogP contribution < -0.4 is 5.32 Å². The van der Waals surface area contributed by atoms with Crippen LogP contribution >= 0.6 is 0 Å². The summed E-state index contributed by atoms with van der Waals surface area (Å²) >= 11 is 0. The Kier molecular flexibility index (Phi) is 6.85. The zero-order valence-electron chi connectivity index (χ0n) is 16.4. The fourth-order valence-corrected chi connectivity index (χ4v) is 4.94. The maximum absolute atomic E-state index is 13.3. The Labute approximate surface area is 175 Å². The molecule has 0 aromatic heterocycles. The summed E-state index contributed by atoms with van der Waals surface area (Å²) in [4.78, 5) is 12.4. The molecule has 8 heteroatoms. The Balaban J connectivity index is 1.63. The van der Waals surface area contributed by atoms with Gasteiger partial charge in [-0.25, -0.2) is 12.8 Å². The first-order valence-corrected chi connectivity index (χ1v) is 11.4. The highest BCUT2D eigenvalue weighted by molar-refractivity contribution is 7.91. The Hall–Kier alpha value is -2.76. The molecule has 3 rings (SSSR count). The number of benzene rings is 2. The third-order valence-electron chi connectivity index (χ3n) is 5.35. The van der Waals surface area contributed by atoms with Crippen LogP contribution in [0.25, 0.3) is 0 Å². The molecule has 2 aromatic rings. The molecule has 1 N–H and O–H groups in total. The first-order chi connectivity index (χ1) is 14.3. The molecule has 0 aliphatic carbocycles. The highest BCUT2D eigenvalue weighted by Crippen LogP contribution is 2.34. The molecule has 0 bridgehead atoms. The van der Waals surface area contributed by atoms with Crippen LogP contribution in [0.15, 0.2) is 48.5 Å². The molecule has 158 valence electrons. The van der Waals surface area contributed by atoms with E-state index in [1.54, 1.807) is 36.4 Å². The SMILES string of the molecule is N#Cc1ccc(CS(=O)(=O)CC(=O)NCC2(c3ccc(F)cc3)CCOCC2)cc1. The van der Waals surface area contributed by atoms with Crippen molar-refractivity contribution in [3.05, 3.63) is 71.0 Å². The predicted octanol–water partition coefficient (Wildman–Crippen LogP) is 2.48. The zero-order chi connectivity index (χ0) is 21.6. The van der Waals surface area contributed by atoms with Gasteiger partial charge in [0, 0.05) is 25.2 Å². The fourth-order valence-electron chi connectivity index (χ4n) is 3.63. The molecule has 2 aromatic carbocycles. The van der Waals surface area contributed by atoms with Crippen molar-refractivity contribution in [1.82, 2.24) is 5.32 Å². The van der Waals surface area contributed by atoms with Crippen LogP contribution in [0.2, 0.25) is 0 Å². The molecule has 1 amide bonds. The number of hydrogen-bond acceptors (Lipinski definition) is 5. The summed E-state index contributed by atoms with van der Waals surface area (Å²) in [6.07, 6.45) is 1.30. The number of nitriles is 1. The second-order valence-electron chi connectivity index (χ2n) is 7.52. The number of nitrogens with zero attached hydrogens (tertiary/aromatic N) is 1. The molecule has 0 radical (unpaired) electrons. The van der Waals surface area contributed by atoms with Crippen molar-refractivity contribution in [2.75, 3.05) is 25.5 Å². The molecule has 0 spiro atoms. The molecule has 6 nitrogen and oxygen atoms in total. The molecule has 1 saturated heterocycles. The summed E-state index contributed by atoms with van der Waals surface area (Å²) in [6.45, 7) is 1.29. The number of carbonyl (C=O) groups is 1. The van der Waals surface area contributed by atoms with Gasteiger partial charge in [-0.15, -0.1) is 0 Å². The van der Waals surface area contributed by atoms with E-state index in [1.165, 1.54) is 12.1 Å². The largest absolute Gasteiger partial charge is 0.381 e. The van der Waals surface area contributed by atoms with Gasteiger partial charge in [-0.1, -0.05) is 24.3 Å². The number of sulfone groups is 1. The standard InChI is InChI=1S/C22H23FN2O4S/c23-20-7-5-19(6-8-20)22(9-11-29-12-10-22)16-25-21(26)15-30(27,28)14-18-3-1-17(13-24)2-4-18/h1-8H,9-12,14-16H2,(H,25,26). The van der Waals surface area contributed by atoms with Crippen molar-refractivity contribution < 1.29 is 22.3 Å². The summed E-state index contributed by atoms with van der Waals surface area (Å²) in [5.74, 6) is -1.80. The van der Waals surface area contributed by atoms with E-state index in [0.29, 0.717) is 37.2 Å². The Morgan fingerprint density at radius 2 is 1.73 bits per heavy atom. The third kappa shape index (κ3) is 5.65. The van der Waals surface area contributed by atoms with E-state index in [0.717, 1.165) is 5.56 Å². The molecule has 0 atom stereocenters. The van der Waals surface area contributed by atoms with E-state index < -0.39 is 26.9 Å². The van der Waals surface area contributed by atoms with Gasteiger partial charge in [-0.2, -0.15) is 5.26 Å². The van der Waals surface area contributed by atoms with E-state index in [9.17, 15) is 17.6 Å². The monoisotopic (exact) mass is 430 g/mol. The molecule has 30 heavy (non-hydrogen) atoms. The highest BCUT2D eigenvalue weighted by Gasteiger charge is 2.35. The van der Waals surface area contributed by atoms with Crippen LogP contribution in [0.5, 0.6) is 0 Å². The van der Waals surface area contributed by atoms with Crippen molar-refractivity contribution in [3.63, 3.8) is 0 Å². The number of carbonyl (C=O) groups excluding carboxylic acids is 1. The number of ether oxygens (including phenoxy) is 1. The number of rotatable bonds is 7. The second-order valence-corrected chi connectivity index (χ2v) is 9.58. The van der Waals surface area contributed by atoms with Crippen LogP contribution in [-0.2, 0) is 30.5 Å². The van der Waals surface area contributed by atoms with Gasteiger partial charge < -0.3 is 10.1 Å². The minimum absolute atomic E-state index is 0.257. The van der Waals surface area contributed by atoms with E-state index in [1.807, 2.05) is 6.07 Å². The van der Waals surface area contributed by atoms with Gasteiger partial charge in [0.05, 0.1) is 17.4 Å². The average molecular weight is 431 g/mol. The van der Waals surface area contributed by atoms with Crippen LogP contribution in [0.1, 0.15) is 29.5 Å². The predicted molar refractivity (Wildman–Crippen MR) is 110 cm³/mol. The van der Waals surface area contributed by atoms with Gasteiger partial charge in [0.2, 0.25) is 5.91 Å². The molecule has 0 unspecified atom stereocenters. The van der Waals surface area contributed by atoms with E-state index in [2.05, 4.69) is 5.32 Å². The van der Waals surface area contributed by atoms with Gasteiger partial charge in [-0.3, -0.25) is 4.79 Å². The quantitative estimate of drug-likeness (QED) is 0.728. The van der Waals surface area contributed by atoms with Crippen molar-refractivity contribution in [2.45, 2.75) is 24.0 Å². The van der Waals surface area contributed by atoms with E-state index >= 15 is 0 Å². The number of amides is 1. The lowest BCUT2D eigenvalue weighted by Crippen LogP contribution is -2.45. The maximum Gasteiger partial charge on any atom is 0.235 e. The molecular formula is C22H23FN2O4S. The lowest BCUT2D eigenvalue weighted by Gasteiger charge is -2.38. The lowest BCUT2D eigenvalue weighted by molar-refractivity contribution is -0.119. The van der Waals surface area contributed by atoms with Gasteiger partial charge in [-0.05, 0) is 48.2 Å². The van der Waals surface area contributed by atoms with Crippen molar-refractivity contribution >= 4 is 15.7 Å². The Morgan fingerprint density at radius 1 is 1.10 bits per heavy atom. The van der Waals surface area contributed by atoms with Crippen molar-refractivity contribution in [2.24, 2.45) is 0 Å². The number of halogens is 1. The van der Waals surface area contributed by atoms with Gasteiger partial charge in [0.25, 0.3) is 0 Å². The zero-order valence-corrected chi connectivity index (χ0v) is 17.3. The number of nitrogens with one attached hydrogen (secondary N) is 1. The summed E-state index contributed by atoms with van der Waals surface area (Å²) in [7, 11) is -3.67. The normalized spacial score (nSPS) is 15.9. The number of hydrogen-bond donors (Lipinski definition) is 1. The third-order valence-corrected chi connectivity index (χ3v) is 6.83. The minimum atomic E-state index is -3.67. The van der Waals surface area contributed by atoms with Crippen LogP contribution in [0.3, 0.4) is 0 Å². The smallest absolute Gasteiger partial charge is 0.235 e. The summed E-state index contributed by atoms with van der Waals surface area (Å²) < 4.78 is 43.6. The van der Waals surface area contributed by atoms with E-state index in [4.69, 9.17) is 10.00 Å². The van der Waals surface area contributed by atoms with Gasteiger partial charge in [0.1, 0.15) is 11.6 Å². The summed E-state index contributed by atoms with van der Waals surface area (Å²) in [6, 6.07) is 14.4. The van der Waals surface area contributed by atoms with Gasteiger partial charge >= 0.3 is 0 Å². The molecule has 1 heterocycles. The first-order valence-electron chi connectivity index (χ1n) is 9.62. The molecule has 1 aliphatic rings. The average Bonchev–Trinajstić information content (AvgIpc) is 2.73. The fraction of sp³-hybridized carbons (Fsp3) is 0.364. The van der Waals surface area contributed by atoms with E-state index in [-0.39, 0.29) is 18.1 Å². The first kappa shape index (κ1) is 21.9. The maximum atomic E-state index is 13.3. The molecule has 1 aliphatic heterocycles. The summed E-state index contributed by atoms with van der Waals surface area (Å²) in [5.41, 5.74) is 1.44. The second kappa shape index (κ2) is 9.37. The van der Waals surface area contributed by atoms with Crippen molar-refractivity contribution in [1.29, 1.82) is 5.26 Å². The van der Waals surface area contributed by atoms with Gasteiger partial charge in [0.15, 0.2) is 9.84 Å². The molecule has 0 saturated carbocycles. The molecular weight excluding hydrogens is 407 g/mol. The lowest BCUT2D eigenvalue weighted by atomic mass is 9.74. The Bertz CT molecular complexity index is 1020. The van der Waals surface area contributed by atoms with Crippen LogP contribution in [-0.4, -0.2) is 39.8 Å². The van der Waals surface area contributed by atoms with Crippen LogP contribution in [0, 0.1) is 17.1 Å². The molecule has 1 fully saturated rings. The van der Waals surface area contributed by atoms with Crippen LogP contribution in [0.4, 0.5) is 4.39 Å². The summed E-state index contributed by atoms with van der Waals surface area (Å²) in [5, 5.41) is 11.6. The highest BCUT2D eigenvalue weighted by atomic mass is 32.2.